The van der Waals surface area contributed by atoms with E-state index in [1.54, 1.807) is 10.9 Å². The molecule has 0 aliphatic heterocycles. The molecule has 1 aromatic heterocycles. The molecular weight excluding hydrogens is 184 g/mol. The standard InChI is InChI=1S/C9H14N2O3/c1-6(2)11-5-10-4-7(11)8(12)9(13)14-3/h4-6,8,12H,1-3H3. The van der Waals surface area contributed by atoms with E-state index >= 15 is 0 Å². The fourth-order valence-electron chi connectivity index (χ4n) is 1.19. The summed E-state index contributed by atoms with van der Waals surface area (Å²) >= 11 is 0. The number of rotatable bonds is 3. The number of hydrogen-bond donors (Lipinski definition) is 1. The van der Waals surface area contributed by atoms with Crippen LogP contribution in [-0.4, -0.2) is 27.7 Å². The van der Waals surface area contributed by atoms with Crippen molar-refractivity contribution in [1.82, 2.24) is 9.55 Å². The molecule has 0 bridgehead atoms. The summed E-state index contributed by atoms with van der Waals surface area (Å²) in [6.45, 7) is 3.88. The van der Waals surface area contributed by atoms with Crippen molar-refractivity contribution in [3.8, 4) is 0 Å². The third kappa shape index (κ3) is 1.93. The van der Waals surface area contributed by atoms with Gasteiger partial charge in [-0.25, -0.2) is 9.78 Å². The van der Waals surface area contributed by atoms with Crippen LogP contribution >= 0.6 is 0 Å². The lowest BCUT2D eigenvalue weighted by Crippen LogP contribution is -2.18. The fraction of sp³-hybridized carbons (Fsp3) is 0.556. The maximum absolute atomic E-state index is 11.1. The Bertz CT molecular complexity index is 320. The quantitative estimate of drug-likeness (QED) is 0.725. The Morgan fingerprint density at radius 3 is 2.79 bits per heavy atom. The Balaban J connectivity index is 2.94. The van der Waals surface area contributed by atoms with E-state index in [0.717, 1.165) is 0 Å². The zero-order valence-corrected chi connectivity index (χ0v) is 8.47. The van der Waals surface area contributed by atoms with E-state index in [9.17, 15) is 9.90 Å². The Hall–Kier alpha value is -1.36. The highest BCUT2D eigenvalue weighted by Crippen LogP contribution is 2.17. The van der Waals surface area contributed by atoms with Gasteiger partial charge < -0.3 is 14.4 Å². The second-order valence-electron chi connectivity index (χ2n) is 3.25. The van der Waals surface area contributed by atoms with E-state index in [2.05, 4.69) is 9.72 Å². The highest BCUT2D eigenvalue weighted by molar-refractivity contribution is 5.75. The molecule has 0 radical (unpaired) electrons. The average Bonchev–Trinajstić information content (AvgIpc) is 2.63. The summed E-state index contributed by atoms with van der Waals surface area (Å²) in [7, 11) is 1.24. The Morgan fingerprint density at radius 1 is 1.64 bits per heavy atom. The number of hydrogen-bond acceptors (Lipinski definition) is 4. The van der Waals surface area contributed by atoms with Crippen LogP contribution < -0.4 is 0 Å². The molecule has 0 aliphatic carbocycles. The van der Waals surface area contributed by atoms with Gasteiger partial charge in [-0.05, 0) is 13.8 Å². The molecule has 0 saturated carbocycles. The van der Waals surface area contributed by atoms with E-state index in [4.69, 9.17) is 0 Å². The van der Waals surface area contributed by atoms with Gasteiger partial charge in [0.2, 0.25) is 0 Å². The molecular formula is C9H14N2O3. The predicted molar refractivity (Wildman–Crippen MR) is 49.6 cm³/mol. The number of esters is 1. The van der Waals surface area contributed by atoms with Crippen molar-refractivity contribution in [2.45, 2.75) is 26.0 Å². The maximum atomic E-state index is 11.1. The van der Waals surface area contributed by atoms with Gasteiger partial charge in [-0.2, -0.15) is 0 Å². The van der Waals surface area contributed by atoms with Gasteiger partial charge >= 0.3 is 5.97 Å². The first-order chi connectivity index (χ1) is 6.57. The van der Waals surface area contributed by atoms with Crippen molar-refractivity contribution in [3.05, 3.63) is 18.2 Å². The molecule has 0 aliphatic rings. The van der Waals surface area contributed by atoms with Crippen molar-refractivity contribution in [1.29, 1.82) is 0 Å². The largest absolute Gasteiger partial charge is 0.467 e. The third-order valence-corrected chi connectivity index (χ3v) is 1.96. The molecule has 0 amide bonds. The minimum absolute atomic E-state index is 0.145. The predicted octanol–water partition coefficient (Wildman–Crippen LogP) is 0.670. The lowest BCUT2D eigenvalue weighted by Gasteiger charge is -2.14. The lowest BCUT2D eigenvalue weighted by molar-refractivity contribution is -0.151. The molecule has 1 rings (SSSR count). The molecule has 0 spiro atoms. The van der Waals surface area contributed by atoms with Crippen LogP contribution in [0, 0.1) is 0 Å². The van der Waals surface area contributed by atoms with E-state index in [1.165, 1.54) is 13.3 Å². The molecule has 0 fully saturated rings. The molecule has 14 heavy (non-hydrogen) atoms. The van der Waals surface area contributed by atoms with Gasteiger partial charge in [-0.3, -0.25) is 0 Å². The third-order valence-electron chi connectivity index (χ3n) is 1.96. The number of nitrogens with zero attached hydrogens (tertiary/aromatic N) is 2. The molecule has 5 nitrogen and oxygen atoms in total. The first kappa shape index (κ1) is 10.7. The number of ether oxygens (including phenoxy) is 1. The molecule has 1 aromatic rings. The number of aromatic nitrogens is 2. The minimum atomic E-state index is -1.26. The topological polar surface area (TPSA) is 64.3 Å². The van der Waals surface area contributed by atoms with Crippen molar-refractivity contribution < 1.29 is 14.6 Å². The minimum Gasteiger partial charge on any atom is -0.467 e. The molecule has 0 saturated heterocycles. The zero-order valence-electron chi connectivity index (χ0n) is 8.47. The van der Waals surface area contributed by atoms with Crippen molar-refractivity contribution in [2.75, 3.05) is 7.11 Å². The van der Waals surface area contributed by atoms with Gasteiger partial charge in [0.05, 0.1) is 25.3 Å². The molecule has 1 N–H and O–H groups in total. The Morgan fingerprint density at radius 2 is 2.29 bits per heavy atom. The van der Waals surface area contributed by atoms with Gasteiger partial charge in [0.25, 0.3) is 0 Å². The smallest absolute Gasteiger partial charge is 0.341 e. The first-order valence-corrected chi connectivity index (χ1v) is 4.35. The van der Waals surface area contributed by atoms with Crippen LogP contribution in [0.5, 0.6) is 0 Å². The SMILES string of the molecule is COC(=O)C(O)c1cncn1C(C)C. The van der Waals surface area contributed by atoms with Crippen LogP contribution in [-0.2, 0) is 9.53 Å². The van der Waals surface area contributed by atoms with Gasteiger partial charge in [-0.15, -0.1) is 0 Å². The van der Waals surface area contributed by atoms with E-state index in [0.29, 0.717) is 5.69 Å². The van der Waals surface area contributed by atoms with Crippen molar-refractivity contribution in [3.63, 3.8) is 0 Å². The number of carbonyl (C=O) groups is 1. The van der Waals surface area contributed by atoms with Crippen LogP contribution in [0.15, 0.2) is 12.5 Å². The molecule has 1 atom stereocenters. The summed E-state index contributed by atoms with van der Waals surface area (Å²) in [6, 6.07) is 0.145. The van der Waals surface area contributed by atoms with Crippen LogP contribution in [0.2, 0.25) is 0 Å². The first-order valence-electron chi connectivity index (χ1n) is 4.35. The van der Waals surface area contributed by atoms with Gasteiger partial charge in [0, 0.05) is 6.04 Å². The zero-order chi connectivity index (χ0) is 10.7. The van der Waals surface area contributed by atoms with Crippen LogP contribution in [0.4, 0.5) is 0 Å². The summed E-state index contributed by atoms with van der Waals surface area (Å²) in [5, 5.41) is 9.57. The molecule has 1 heterocycles. The molecule has 78 valence electrons. The number of aliphatic hydroxyl groups is 1. The normalized spacial score (nSPS) is 12.9. The Labute approximate surface area is 82.3 Å². The summed E-state index contributed by atoms with van der Waals surface area (Å²) < 4.78 is 6.16. The molecule has 5 heteroatoms. The van der Waals surface area contributed by atoms with Crippen molar-refractivity contribution >= 4 is 5.97 Å². The van der Waals surface area contributed by atoms with E-state index in [-0.39, 0.29) is 6.04 Å². The van der Waals surface area contributed by atoms with Gasteiger partial charge in [0.15, 0.2) is 6.10 Å². The number of methoxy groups -OCH3 is 1. The highest BCUT2D eigenvalue weighted by Gasteiger charge is 2.22. The van der Waals surface area contributed by atoms with Gasteiger partial charge in [0.1, 0.15) is 0 Å². The fourth-order valence-corrected chi connectivity index (χ4v) is 1.19. The van der Waals surface area contributed by atoms with Gasteiger partial charge in [-0.1, -0.05) is 0 Å². The summed E-state index contributed by atoms with van der Waals surface area (Å²) in [4.78, 5) is 14.9. The highest BCUT2D eigenvalue weighted by atomic mass is 16.5. The van der Waals surface area contributed by atoms with Crippen LogP contribution in [0.3, 0.4) is 0 Å². The van der Waals surface area contributed by atoms with E-state index < -0.39 is 12.1 Å². The maximum Gasteiger partial charge on any atom is 0.341 e. The average molecular weight is 198 g/mol. The summed E-state index contributed by atoms with van der Waals surface area (Å²) in [6.07, 6.45) is 1.78. The lowest BCUT2D eigenvalue weighted by atomic mass is 10.2. The number of carbonyl (C=O) groups excluding carboxylic acids is 1. The molecule has 0 aromatic carbocycles. The number of imidazole rings is 1. The van der Waals surface area contributed by atoms with Crippen molar-refractivity contribution in [2.24, 2.45) is 0 Å². The Kier molecular flexibility index (Phi) is 3.24. The summed E-state index contributed by atoms with van der Waals surface area (Å²) in [5.41, 5.74) is 0.451. The van der Waals surface area contributed by atoms with Crippen LogP contribution in [0.1, 0.15) is 31.7 Å². The monoisotopic (exact) mass is 198 g/mol. The second kappa shape index (κ2) is 4.23. The van der Waals surface area contributed by atoms with Crippen LogP contribution in [0.25, 0.3) is 0 Å². The molecule has 1 unspecified atom stereocenters. The van der Waals surface area contributed by atoms with E-state index in [1.807, 2.05) is 13.8 Å². The number of aliphatic hydroxyl groups excluding tert-OH is 1. The summed E-state index contributed by atoms with van der Waals surface area (Å²) in [5.74, 6) is -0.674. The second-order valence-corrected chi connectivity index (χ2v) is 3.25.